The fourth-order valence-corrected chi connectivity index (χ4v) is 5.75. The van der Waals surface area contributed by atoms with E-state index >= 15 is 0 Å². The predicted molar refractivity (Wildman–Crippen MR) is 117 cm³/mol. The smallest absolute Gasteiger partial charge is 0.228 e. The van der Waals surface area contributed by atoms with Crippen LogP contribution in [0.5, 0.6) is 5.75 Å². The van der Waals surface area contributed by atoms with Crippen molar-refractivity contribution >= 4 is 23.4 Å². The van der Waals surface area contributed by atoms with Crippen molar-refractivity contribution in [3.63, 3.8) is 0 Å². The van der Waals surface area contributed by atoms with Crippen molar-refractivity contribution in [3.8, 4) is 5.75 Å². The van der Waals surface area contributed by atoms with E-state index in [9.17, 15) is 14.0 Å². The molecule has 3 heterocycles. The molecule has 32 heavy (non-hydrogen) atoms. The minimum absolute atomic E-state index is 0.0172. The highest BCUT2D eigenvalue weighted by atomic mass is 35.5. The molecule has 3 aliphatic heterocycles. The predicted octanol–water partition coefficient (Wildman–Crippen LogP) is 3.66. The van der Waals surface area contributed by atoms with Gasteiger partial charge in [-0.1, -0.05) is 11.6 Å². The maximum Gasteiger partial charge on any atom is 0.228 e. The second kappa shape index (κ2) is 9.18. The van der Waals surface area contributed by atoms with Crippen LogP contribution in [-0.2, 0) is 14.3 Å². The summed E-state index contributed by atoms with van der Waals surface area (Å²) in [5, 5.41) is 0.0429. The number of rotatable bonds is 6. The van der Waals surface area contributed by atoms with Crippen molar-refractivity contribution < 1.29 is 23.5 Å². The summed E-state index contributed by atoms with van der Waals surface area (Å²) in [6.07, 6.45) is 6.21. The molecule has 4 fully saturated rings. The first-order valence-electron chi connectivity index (χ1n) is 11.8. The second-order valence-electron chi connectivity index (χ2n) is 9.50. The molecule has 0 aromatic heterocycles. The number of nitrogens with zero attached hydrogens (tertiary/aromatic N) is 2. The standard InChI is InChI=1S/C24H30ClFN2O4/c25-20-6-5-18(13-21(20)26)31-12-9-22(29)28-16-3-4-17(28)14-27(10-7-16)24(30)19-8-11-32-23(19)15-1-2-15/h5-6,13,15-17,19,23H,1-4,7-12,14H2/t16?,17?,19-,23+/m1/s1. The van der Waals surface area contributed by atoms with Gasteiger partial charge in [0.1, 0.15) is 11.6 Å². The highest BCUT2D eigenvalue weighted by molar-refractivity contribution is 6.30. The SMILES string of the molecule is O=C([C@@H]1CCO[C@H]1C1CC1)N1CCC2CCC(C1)N2C(=O)CCOc1ccc(Cl)c(F)c1. The highest BCUT2D eigenvalue weighted by Crippen LogP contribution is 2.42. The zero-order chi connectivity index (χ0) is 22.2. The molecule has 0 radical (unpaired) electrons. The van der Waals surface area contributed by atoms with Crippen LogP contribution < -0.4 is 4.74 Å². The zero-order valence-corrected chi connectivity index (χ0v) is 18.9. The average molecular weight is 465 g/mol. The van der Waals surface area contributed by atoms with Crippen LogP contribution in [0.3, 0.4) is 0 Å². The highest BCUT2D eigenvalue weighted by Gasteiger charge is 2.47. The van der Waals surface area contributed by atoms with Crippen molar-refractivity contribution in [1.82, 2.24) is 9.80 Å². The molecule has 2 amide bonds. The number of ether oxygens (including phenoxy) is 2. The lowest BCUT2D eigenvalue weighted by Gasteiger charge is -2.31. The van der Waals surface area contributed by atoms with E-state index in [2.05, 4.69) is 0 Å². The monoisotopic (exact) mass is 464 g/mol. The largest absolute Gasteiger partial charge is 0.493 e. The van der Waals surface area contributed by atoms with Gasteiger partial charge in [0.2, 0.25) is 11.8 Å². The quantitative estimate of drug-likeness (QED) is 0.644. The van der Waals surface area contributed by atoms with Crippen LogP contribution >= 0.6 is 11.6 Å². The van der Waals surface area contributed by atoms with Crippen LogP contribution in [0.15, 0.2) is 18.2 Å². The number of carbonyl (C=O) groups is 2. The molecule has 6 nitrogen and oxygen atoms in total. The zero-order valence-electron chi connectivity index (χ0n) is 18.2. The van der Waals surface area contributed by atoms with Crippen LogP contribution in [0.2, 0.25) is 5.02 Å². The van der Waals surface area contributed by atoms with Gasteiger partial charge in [0.15, 0.2) is 0 Å². The Kier molecular flexibility index (Phi) is 6.30. The van der Waals surface area contributed by atoms with Crippen LogP contribution in [0.4, 0.5) is 4.39 Å². The molecule has 2 unspecified atom stereocenters. The van der Waals surface area contributed by atoms with Gasteiger partial charge in [0, 0.05) is 37.8 Å². The van der Waals surface area contributed by atoms with E-state index in [0.29, 0.717) is 31.4 Å². The van der Waals surface area contributed by atoms with Gasteiger partial charge in [0.25, 0.3) is 0 Å². The third-order valence-corrected chi connectivity index (χ3v) is 7.70. The first-order valence-corrected chi connectivity index (χ1v) is 12.2. The van der Waals surface area contributed by atoms with E-state index in [1.807, 2.05) is 9.80 Å². The third kappa shape index (κ3) is 4.46. The topological polar surface area (TPSA) is 59.1 Å². The Balaban J connectivity index is 1.17. The molecule has 1 aromatic carbocycles. The van der Waals surface area contributed by atoms with E-state index < -0.39 is 5.82 Å². The molecule has 3 saturated heterocycles. The van der Waals surface area contributed by atoms with Crippen LogP contribution in [0.25, 0.3) is 0 Å². The normalized spacial score (nSPS) is 29.8. The summed E-state index contributed by atoms with van der Waals surface area (Å²) in [5.74, 6) is 0.619. The maximum absolute atomic E-state index is 13.6. The summed E-state index contributed by atoms with van der Waals surface area (Å²) in [7, 11) is 0. The molecule has 174 valence electrons. The number of benzene rings is 1. The van der Waals surface area contributed by atoms with Gasteiger partial charge < -0.3 is 19.3 Å². The number of amides is 2. The van der Waals surface area contributed by atoms with Crippen LogP contribution in [-0.4, -0.2) is 66.1 Å². The van der Waals surface area contributed by atoms with Crippen molar-refractivity contribution in [1.29, 1.82) is 0 Å². The molecule has 1 aliphatic carbocycles. The number of fused-ring (bicyclic) bond motifs is 2. The van der Waals surface area contributed by atoms with Crippen LogP contribution in [0.1, 0.15) is 44.9 Å². The van der Waals surface area contributed by atoms with Gasteiger partial charge in [-0.25, -0.2) is 4.39 Å². The van der Waals surface area contributed by atoms with Crippen LogP contribution in [0, 0.1) is 17.7 Å². The number of carbonyl (C=O) groups excluding carboxylic acids is 2. The molecule has 2 bridgehead atoms. The van der Waals surface area contributed by atoms with Gasteiger partial charge in [-0.05, 0) is 56.6 Å². The second-order valence-corrected chi connectivity index (χ2v) is 9.91. The Morgan fingerprint density at radius 1 is 1.12 bits per heavy atom. The maximum atomic E-state index is 13.6. The van der Waals surface area contributed by atoms with Crippen molar-refractivity contribution in [2.75, 3.05) is 26.3 Å². The molecule has 0 spiro atoms. The van der Waals surface area contributed by atoms with Gasteiger partial charge >= 0.3 is 0 Å². The summed E-state index contributed by atoms with van der Waals surface area (Å²) >= 11 is 5.70. The van der Waals surface area contributed by atoms with E-state index in [1.165, 1.54) is 25.0 Å². The lowest BCUT2D eigenvalue weighted by atomic mass is 9.95. The van der Waals surface area contributed by atoms with Crippen molar-refractivity contribution in [2.24, 2.45) is 11.8 Å². The first-order chi connectivity index (χ1) is 15.5. The molecule has 1 aromatic rings. The summed E-state index contributed by atoms with van der Waals surface area (Å²) in [6, 6.07) is 4.51. The average Bonchev–Trinajstić information content (AvgIpc) is 3.40. The number of hydrogen-bond acceptors (Lipinski definition) is 4. The van der Waals surface area contributed by atoms with E-state index in [1.54, 1.807) is 6.07 Å². The molecule has 4 aliphatic rings. The Morgan fingerprint density at radius 3 is 2.72 bits per heavy atom. The number of hydrogen-bond donors (Lipinski definition) is 0. The van der Waals surface area contributed by atoms with Crippen molar-refractivity contribution in [3.05, 3.63) is 29.0 Å². The lowest BCUT2D eigenvalue weighted by Crippen LogP contribution is -2.46. The molecular formula is C24H30ClFN2O4. The Morgan fingerprint density at radius 2 is 1.94 bits per heavy atom. The fourth-order valence-electron chi connectivity index (χ4n) is 5.63. The summed E-state index contributed by atoms with van der Waals surface area (Å²) in [6.45, 7) is 2.18. The third-order valence-electron chi connectivity index (χ3n) is 7.40. The van der Waals surface area contributed by atoms with Gasteiger partial charge in [-0.2, -0.15) is 0 Å². The summed E-state index contributed by atoms with van der Waals surface area (Å²) < 4.78 is 25.0. The van der Waals surface area contributed by atoms with Gasteiger partial charge in [-0.3, -0.25) is 9.59 Å². The lowest BCUT2D eigenvalue weighted by molar-refractivity contribution is -0.139. The van der Waals surface area contributed by atoms with Gasteiger partial charge in [0.05, 0.1) is 30.1 Å². The van der Waals surface area contributed by atoms with E-state index in [-0.39, 0.29) is 54.0 Å². The molecule has 5 rings (SSSR count). The molecule has 4 atom stereocenters. The minimum Gasteiger partial charge on any atom is -0.493 e. The van der Waals surface area contributed by atoms with E-state index in [0.717, 1.165) is 25.7 Å². The summed E-state index contributed by atoms with van der Waals surface area (Å²) in [5.41, 5.74) is 0. The molecular weight excluding hydrogens is 435 g/mol. The Labute approximate surface area is 193 Å². The molecule has 1 saturated carbocycles. The first kappa shape index (κ1) is 22.0. The number of likely N-dealkylation sites (tertiary alicyclic amines) is 1. The molecule has 8 heteroatoms. The van der Waals surface area contributed by atoms with Gasteiger partial charge in [-0.15, -0.1) is 0 Å². The molecule has 0 N–H and O–H groups in total. The van der Waals surface area contributed by atoms with Crippen molar-refractivity contribution in [2.45, 2.75) is 63.1 Å². The minimum atomic E-state index is -0.539. The van der Waals surface area contributed by atoms with E-state index in [4.69, 9.17) is 21.1 Å². The summed E-state index contributed by atoms with van der Waals surface area (Å²) in [4.78, 5) is 30.3. The Hall–Kier alpha value is -1.86. The Bertz CT molecular complexity index is 880. The number of halogens is 2. The fraction of sp³-hybridized carbons (Fsp3) is 0.667.